The summed E-state index contributed by atoms with van der Waals surface area (Å²) in [5.74, 6) is 0.455. The van der Waals surface area contributed by atoms with E-state index >= 15 is 0 Å². The van der Waals surface area contributed by atoms with Crippen LogP contribution in [0, 0.1) is 11.7 Å². The van der Waals surface area contributed by atoms with Crippen molar-refractivity contribution in [2.75, 3.05) is 0 Å². The summed E-state index contributed by atoms with van der Waals surface area (Å²) in [7, 11) is 0. The molecule has 0 aliphatic heterocycles. The number of benzene rings is 1. The highest BCUT2D eigenvalue weighted by Crippen LogP contribution is 2.39. The van der Waals surface area contributed by atoms with Gasteiger partial charge in [-0.2, -0.15) is 0 Å². The van der Waals surface area contributed by atoms with Gasteiger partial charge in [0.15, 0.2) is 0 Å². The highest BCUT2D eigenvalue weighted by atomic mass is 79.9. The smallest absolute Gasteiger partial charge is 0.129 e. The van der Waals surface area contributed by atoms with Crippen LogP contribution in [0.5, 0.6) is 0 Å². The Hall–Kier alpha value is -1.13. The average molecular weight is 323 g/mol. The molecule has 1 atom stereocenters. The minimum absolute atomic E-state index is 0.135. The van der Waals surface area contributed by atoms with Gasteiger partial charge in [-0.15, -0.1) is 0 Å². The Morgan fingerprint density at radius 1 is 1.37 bits per heavy atom. The molecule has 19 heavy (non-hydrogen) atoms. The van der Waals surface area contributed by atoms with Crippen LogP contribution in [-0.2, 0) is 6.54 Å². The van der Waals surface area contributed by atoms with E-state index in [2.05, 4.69) is 15.9 Å². The molecule has 3 rings (SSSR count). The monoisotopic (exact) mass is 322 g/mol. The van der Waals surface area contributed by atoms with E-state index in [9.17, 15) is 4.39 Å². The maximum atomic E-state index is 13.8. The number of rotatable bonds is 4. The van der Waals surface area contributed by atoms with E-state index < -0.39 is 0 Å². The van der Waals surface area contributed by atoms with Crippen LogP contribution in [0.25, 0.3) is 0 Å². The summed E-state index contributed by atoms with van der Waals surface area (Å²) >= 11 is 3.26. The quantitative estimate of drug-likeness (QED) is 0.910. The van der Waals surface area contributed by atoms with Gasteiger partial charge in [-0.05, 0) is 42.5 Å². The molecule has 1 saturated carbocycles. The molecule has 0 amide bonds. The van der Waals surface area contributed by atoms with E-state index in [1.54, 1.807) is 6.07 Å². The Morgan fingerprint density at radius 2 is 2.16 bits per heavy atom. The lowest BCUT2D eigenvalue weighted by molar-refractivity contribution is 0.597. The van der Waals surface area contributed by atoms with Gasteiger partial charge in [-0.25, -0.2) is 4.39 Å². The fourth-order valence-corrected chi connectivity index (χ4v) is 2.66. The summed E-state index contributed by atoms with van der Waals surface area (Å²) in [6.07, 6.45) is 6.46. The molecule has 0 radical (unpaired) electrons. The van der Waals surface area contributed by atoms with Crippen LogP contribution in [0.15, 0.2) is 41.1 Å². The molecule has 1 aromatic heterocycles. The van der Waals surface area contributed by atoms with Crippen molar-refractivity contribution in [2.24, 2.45) is 11.7 Å². The first-order valence-corrected chi connectivity index (χ1v) is 7.28. The van der Waals surface area contributed by atoms with Crippen LogP contribution in [-0.4, -0.2) is 4.57 Å². The van der Waals surface area contributed by atoms with Crippen LogP contribution < -0.4 is 5.73 Å². The molecule has 2 N–H and O–H groups in total. The van der Waals surface area contributed by atoms with Gasteiger partial charge < -0.3 is 10.3 Å². The number of hydrogen-bond donors (Lipinski definition) is 1. The lowest BCUT2D eigenvalue weighted by Crippen LogP contribution is -2.11. The first kappa shape index (κ1) is 12.9. The van der Waals surface area contributed by atoms with Crippen molar-refractivity contribution in [2.45, 2.75) is 25.4 Å². The standard InChI is InChI=1S/C15H16BrFN2/c16-13-4-3-11(14(17)7-13)8-19-6-5-12(9-19)15(18)10-1-2-10/h3-7,9-10,15H,1-2,8,18H2. The predicted octanol–water partition coefficient (Wildman–Crippen LogP) is 3.85. The number of aromatic nitrogens is 1. The van der Waals surface area contributed by atoms with Crippen molar-refractivity contribution >= 4 is 15.9 Å². The van der Waals surface area contributed by atoms with E-state index in [0.29, 0.717) is 18.0 Å². The Labute approximate surface area is 120 Å². The van der Waals surface area contributed by atoms with Gasteiger partial charge >= 0.3 is 0 Å². The summed E-state index contributed by atoms with van der Waals surface area (Å²) in [6.45, 7) is 0.538. The van der Waals surface area contributed by atoms with Gasteiger partial charge in [-0.1, -0.05) is 22.0 Å². The number of nitrogens with two attached hydrogens (primary N) is 1. The van der Waals surface area contributed by atoms with Gasteiger partial charge in [0.25, 0.3) is 0 Å². The zero-order valence-corrected chi connectivity index (χ0v) is 12.1. The molecule has 100 valence electrons. The predicted molar refractivity (Wildman–Crippen MR) is 77.3 cm³/mol. The van der Waals surface area contributed by atoms with Crippen LogP contribution in [0.1, 0.15) is 30.0 Å². The zero-order chi connectivity index (χ0) is 13.4. The molecule has 2 nitrogen and oxygen atoms in total. The molecule has 0 bridgehead atoms. The highest BCUT2D eigenvalue weighted by Gasteiger charge is 2.29. The van der Waals surface area contributed by atoms with E-state index in [1.807, 2.05) is 29.1 Å². The topological polar surface area (TPSA) is 30.9 Å². The Morgan fingerprint density at radius 3 is 2.84 bits per heavy atom. The van der Waals surface area contributed by atoms with Crippen molar-refractivity contribution in [1.82, 2.24) is 4.57 Å². The number of nitrogens with zero attached hydrogens (tertiary/aromatic N) is 1. The molecule has 1 unspecified atom stereocenters. The average Bonchev–Trinajstić information content (AvgIpc) is 3.12. The maximum absolute atomic E-state index is 13.8. The van der Waals surface area contributed by atoms with Gasteiger partial charge in [0.05, 0.1) is 0 Å². The van der Waals surface area contributed by atoms with Gasteiger partial charge in [0, 0.05) is 35.0 Å². The normalized spacial score (nSPS) is 16.6. The summed E-state index contributed by atoms with van der Waals surface area (Å²) < 4.78 is 16.5. The largest absolute Gasteiger partial charge is 0.349 e. The number of hydrogen-bond acceptors (Lipinski definition) is 1. The van der Waals surface area contributed by atoms with Gasteiger partial charge in [-0.3, -0.25) is 0 Å². The second-order valence-corrected chi connectivity index (χ2v) is 6.13. The summed E-state index contributed by atoms with van der Waals surface area (Å²) in [5, 5.41) is 0. The minimum Gasteiger partial charge on any atom is -0.349 e. The second-order valence-electron chi connectivity index (χ2n) is 5.22. The fourth-order valence-electron chi connectivity index (χ4n) is 2.33. The Bertz CT molecular complexity index is 590. The first-order chi connectivity index (χ1) is 9.13. The Kier molecular flexibility index (Phi) is 3.46. The van der Waals surface area contributed by atoms with Gasteiger partial charge in [0.2, 0.25) is 0 Å². The van der Waals surface area contributed by atoms with E-state index in [-0.39, 0.29) is 11.9 Å². The lowest BCUT2D eigenvalue weighted by Gasteiger charge is -2.08. The van der Waals surface area contributed by atoms with E-state index in [0.717, 1.165) is 10.0 Å². The third-order valence-corrected chi connectivity index (χ3v) is 4.15. The first-order valence-electron chi connectivity index (χ1n) is 6.48. The third-order valence-electron chi connectivity index (χ3n) is 3.66. The SMILES string of the molecule is NC(c1ccn(Cc2ccc(Br)cc2F)c1)C1CC1. The van der Waals surface area contributed by atoms with Crippen molar-refractivity contribution < 1.29 is 4.39 Å². The van der Waals surface area contributed by atoms with Crippen LogP contribution in [0.2, 0.25) is 0 Å². The minimum atomic E-state index is -0.184. The highest BCUT2D eigenvalue weighted by molar-refractivity contribution is 9.10. The zero-order valence-electron chi connectivity index (χ0n) is 10.5. The van der Waals surface area contributed by atoms with Crippen LogP contribution >= 0.6 is 15.9 Å². The second kappa shape index (κ2) is 5.10. The molecule has 0 saturated heterocycles. The lowest BCUT2D eigenvalue weighted by atomic mass is 10.1. The summed E-state index contributed by atoms with van der Waals surface area (Å²) in [5.41, 5.74) is 8.00. The summed E-state index contributed by atoms with van der Waals surface area (Å²) in [6, 6.07) is 7.34. The molecule has 1 aliphatic carbocycles. The molecule has 0 spiro atoms. The van der Waals surface area contributed by atoms with E-state index in [4.69, 9.17) is 5.73 Å². The molecular formula is C15H16BrFN2. The number of halogens is 2. The van der Waals surface area contributed by atoms with Gasteiger partial charge in [0.1, 0.15) is 5.82 Å². The molecule has 1 heterocycles. The van der Waals surface area contributed by atoms with Crippen LogP contribution in [0.4, 0.5) is 4.39 Å². The van der Waals surface area contributed by atoms with Crippen molar-refractivity contribution in [1.29, 1.82) is 0 Å². The summed E-state index contributed by atoms with van der Waals surface area (Å²) in [4.78, 5) is 0. The van der Waals surface area contributed by atoms with Crippen molar-refractivity contribution in [3.05, 3.63) is 58.1 Å². The molecule has 1 fully saturated rings. The third kappa shape index (κ3) is 2.90. The van der Waals surface area contributed by atoms with Crippen molar-refractivity contribution in [3.63, 3.8) is 0 Å². The molecule has 1 aromatic carbocycles. The van der Waals surface area contributed by atoms with Crippen molar-refractivity contribution in [3.8, 4) is 0 Å². The van der Waals surface area contributed by atoms with E-state index in [1.165, 1.54) is 18.9 Å². The molecule has 1 aliphatic rings. The maximum Gasteiger partial charge on any atom is 0.129 e. The Balaban J connectivity index is 1.76. The molecule has 4 heteroatoms. The fraction of sp³-hybridized carbons (Fsp3) is 0.333. The molecular weight excluding hydrogens is 307 g/mol. The van der Waals surface area contributed by atoms with Crippen LogP contribution in [0.3, 0.4) is 0 Å². The molecule has 2 aromatic rings.